The topological polar surface area (TPSA) is 26.3 Å². The Morgan fingerprint density at radius 2 is 1.67 bits per heavy atom. The smallest absolute Gasteiger partial charge is 0.302 e. The van der Waals surface area contributed by atoms with E-state index in [9.17, 15) is 4.79 Å². The van der Waals surface area contributed by atoms with Crippen molar-refractivity contribution in [2.45, 2.75) is 113 Å². The van der Waals surface area contributed by atoms with Crippen molar-refractivity contribution in [3.05, 3.63) is 23.3 Å². The third kappa shape index (κ3) is 4.38. The fourth-order valence-electron chi connectivity index (χ4n) is 8.93. The van der Waals surface area contributed by atoms with Gasteiger partial charge in [-0.15, -0.1) is 0 Å². The van der Waals surface area contributed by atoms with Crippen LogP contribution in [0.4, 0.5) is 0 Å². The summed E-state index contributed by atoms with van der Waals surface area (Å²) in [5.41, 5.74) is 4.28. The van der Waals surface area contributed by atoms with E-state index in [4.69, 9.17) is 4.74 Å². The lowest BCUT2D eigenvalue weighted by molar-refractivity contribution is -0.152. The number of esters is 1. The van der Waals surface area contributed by atoms with Gasteiger partial charge in [-0.05, 0) is 111 Å². The number of rotatable bonds is 5. The van der Waals surface area contributed by atoms with Crippen LogP contribution in [0.15, 0.2) is 23.3 Å². The molecule has 4 rings (SSSR count). The van der Waals surface area contributed by atoms with E-state index >= 15 is 0 Å². The molecule has 0 spiro atoms. The van der Waals surface area contributed by atoms with Crippen LogP contribution in [0.25, 0.3) is 0 Å². The van der Waals surface area contributed by atoms with E-state index < -0.39 is 0 Å². The highest BCUT2D eigenvalue weighted by atomic mass is 16.5. The molecule has 5 unspecified atom stereocenters. The van der Waals surface area contributed by atoms with Gasteiger partial charge in [0, 0.05) is 6.92 Å². The first-order chi connectivity index (χ1) is 15.5. The highest BCUT2D eigenvalue weighted by Crippen LogP contribution is 2.67. The van der Waals surface area contributed by atoms with Crippen molar-refractivity contribution < 1.29 is 9.53 Å². The van der Waals surface area contributed by atoms with Gasteiger partial charge >= 0.3 is 5.97 Å². The van der Waals surface area contributed by atoms with Crippen molar-refractivity contribution in [3.8, 4) is 0 Å². The first-order valence-electron chi connectivity index (χ1n) is 14.0. The molecule has 0 bridgehead atoms. The van der Waals surface area contributed by atoms with Gasteiger partial charge in [-0.2, -0.15) is 0 Å². The van der Waals surface area contributed by atoms with Crippen molar-refractivity contribution in [3.63, 3.8) is 0 Å². The van der Waals surface area contributed by atoms with Gasteiger partial charge in [0.25, 0.3) is 0 Å². The summed E-state index contributed by atoms with van der Waals surface area (Å²) in [5, 5.41) is 0. The summed E-state index contributed by atoms with van der Waals surface area (Å²) in [6.45, 7) is 18.8. The summed E-state index contributed by atoms with van der Waals surface area (Å²) < 4.78 is 5.64. The molecule has 0 aliphatic heterocycles. The molecule has 9 atom stereocenters. The Morgan fingerprint density at radius 1 is 1.00 bits per heavy atom. The van der Waals surface area contributed by atoms with Crippen molar-refractivity contribution in [1.82, 2.24) is 0 Å². The zero-order valence-corrected chi connectivity index (χ0v) is 22.7. The normalized spacial score (nSPS) is 42.6. The molecule has 2 nitrogen and oxygen atoms in total. The van der Waals surface area contributed by atoms with Crippen molar-refractivity contribution in [1.29, 1.82) is 0 Å². The molecule has 3 saturated carbocycles. The van der Waals surface area contributed by atoms with Crippen LogP contribution in [0.5, 0.6) is 0 Å². The lowest BCUT2D eigenvalue weighted by Crippen LogP contribution is -2.50. The van der Waals surface area contributed by atoms with Gasteiger partial charge in [-0.1, -0.05) is 64.8 Å². The second-order valence-electron chi connectivity index (χ2n) is 13.3. The zero-order chi connectivity index (χ0) is 24.1. The summed E-state index contributed by atoms with van der Waals surface area (Å²) in [4.78, 5) is 11.5. The average Bonchev–Trinajstić information content (AvgIpc) is 3.10. The van der Waals surface area contributed by atoms with Crippen molar-refractivity contribution in [2.75, 3.05) is 0 Å². The monoisotopic (exact) mass is 454 g/mol. The highest BCUT2D eigenvalue weighted by Gasteiger charge is 2.58. The molecule has 33 heavy (non-hydrogen) atoms. The predicted molar refractivity (Wildman–Crippen MR) is 138 cm³/mol. The third-order valence-corrected chi connectivity index (χ3v) is 11.3. The van der Waals surface area contributed by atoms with Crippen molar-refractivity contribution >= 4 is 5.97 Å². The van der Waals surface area contributed by atoms with E-state index in [0.717, 1.165) is 30.6 Å². The van der Waals surface area contributed by atoms with Crippen LogP contribution < -0.4 is 0 Å². The highest BCUT2D eigenvalue weighted by molar-refractivity contribution is 5.66. The van der Waals surface area contributed by atoms with Crippen LogP contribution >= 0.6 is 0 Å². The minimum atomic E-state index is -0.109. The second kappa shape index (κ2) is 9.19. The van der Waals surface area contributed by atoms with Crippen LogP contribution in [-0.2, 0) is 9.53 Å². The molecule has 0 aromatic carbocycles. The summed E-state index contributed by atoms with van der Waals surface area (Å²) in [6, 6.07) is 0. The average molecular weight is 455 g/mol. The molecular weight excluding hydrogens is 404 g/mol. The molecule has 3 fully saturated rings. The van der Waals surface area contributed by atoms with Crippen LogP contribution in [0.1, 0.15) is 107 Å². The number of hydrogen-bond donors (Lipinski definition) is 0. The Bertz CT molecular complexity index is 806. The van der Waals surface area contributed by atoms with Crippen LogP contribution in [-0.4, -0.2) is 12.1 Å². The molecule has 4 aliphatic rings. The van der Waals surface area contributed by atoms with E-state index in [2.05, 4.69) is 60.6 Å². The largest absolute Gasteiger partial charge is 0.463 e. The number of carbonyl (C=O) groups excluding carboxylic acids is 1. The van der Waals surface area contributed by atoms with Gasteiger partial charge in [0.2, 0.25) is 0 Å². The summed E-state index contributed by atoms with van der Waals surface area (Å²) in [6.07, 6.45) is 15.5. The standard InChI is InChI=1S/C31H50O2/c1-19(2)22(5)20(3)17-21(4)27-11-12-28-26-10-9-24-18-25(33-23(6)32)13-15-30(24,7)29(26)14-16-31(27,28)8/h10,17,19,21-22,24-25,27-29H,9,11-16,18H2,1-8H3/b20-17+/t21-,22?,24?,25-,27?,28?,29?,30-,31+/m0/s1. The lowest BCUT2D eigenvalue weighted by Gasteiger charge is -2.58. The molecule has 0 radical (unpaired) electrons. The van der Waals surface area contributed by atoms with Crippen LogP contribution in [0.2, 0.25) is 0 Å². The van der Waals surface area contributed by atoms with E-state index in [-0.39, 0.29) is 12.1 Å². The molecule has 0 saturated heterocycles. The first kappa shape index (κ1) is 25.1. The number of ether oxygens (including phenoxy) is 1. The quantitative estimate of drug-likeness (QED) is 0.308. The number of allylic oxidation sites excluding steroid dienone is 4. The van der Waals surface area contributed by atoms with Gasteiger partial charge in [-0.25, -0.2) is 0 Å². The number of carbonyl (C=O) groups is 1. The number of fused-ring (bicyclic) bond motifs is 5. The van der Waals surface area contributed by atoms with Crippen LogP contribution in [0, 0.1) is 52.3 Å². The molecule has 0 N–H and O–H groups in total. The first-order valence-corrected chi connectivity index (χ1v) is 14.0. The van der Waals surface area contributed by atoms with Crippen molar-refractivity contribution in [2.24, 2.45) is 52.3 Å². The lowest BCUT2D eigenvalue weighted by atomic mass is 9.47. The summed E-state index contributed by atoms with van der Waals surface area (Å²) in [7, 11) is 0. The van der Waals surface area contributed by atoms with E-state index in [0.29, 0.717) is 34.5 Å². The van der Waals surface area contributed by atoms with Gasteiger partial charge in [0.15, 0.2) is 0 Å². The summed E-state index contributed by atoms with van der Waals surface area (Å²) >= 11 is 0. The molecule has 4 aliphatic carbocycles. The second-order valence-corrected chi connectivity index (χ2v) is 13.3. The molecule has 0 aromatic rings. The van der Waals surface area contributed by atoms with Crippen LogP contribution in [0.3, 0.4) is 0 Å². The predicted octanol–water partition coefficient (Wildman–Crippen LogP) is 8.37. The minimum absolute atomic E-state index is 0.109. The third-order valence-electron chi connectivity index (χ3n) is 11.3. The molecule has 0 heterocycles. The maximum absolute atomic E-state index is 11.5. The van der Waals surface area contributed by atoms with E-state index in [1.807, 2.05) is 5.57 Å². The fraction of sp³-hybridized carbons (Fsp3) is 0.839. The Balaban J connectivity index is 1.52. The Hall–Kier alpha value is -1.05. The van der Waals surface area contributed by atoms with Gasteiger partial charge in [0.1, 0.15) is 6.10 Å². The maximum Gasteiger partial charge on any atom is 0.302 e. The summed E-state index contributed by atoms with van der Waals surface area (Å²) in [5.74, 6) is 4.97. The zero-order valence-electron chi connectivity index (χ0n) is 22.7. The molecule has 0 amide bonds. The fourth-order valence-corrected chi connectivity index (χ4v) is 8.93. The Kier molecular flexibility index (Phi) is 6.98. The SMILES string of the molecule is CC(=O)O[C@H]1CC[C@@]2(C)C(CC=C3C2CC[C@@]2(C)C3CCC2[C@@H](C)/C=C(\C)C(C)C(C)C)C1. The molecular formula is C31H50O2. The van der Waals surface area contributed by atoms with Gasteiger partial charge < -0.3 is 4.74 Å². The maximum atomic E-state index is 11.5. The molecule has 186 valence electrons. The Morgan fingerprint density at radius 3 is 2.33 bits per heavy atom. The minimum Gasteiger partial charge on any atom is -0.463 e. The Labute approximate surface area is 204 Å². The molecule has 0 aromatic heterocycles. The van der Waals surface area contributed by atoms with Gasteiger partial charge in [0.05, 0.1) is 0 Å². The van der Waals surface area contributed by atoms with E-state index in [1.165, 1.54) is 38.5 Å². The van der Waals surface area contributed by atoms with E-state index in [1.54, 1.807) is 12.5 Å². The molecule has 2 heteroatoms. The van der Waals surface area contributed by atoms with Gasteiger partial charge in [-0.3, -0.25) is 4.79 Å². The number of hydrogen-bond acceptors (Lipinski definition) is 2.